The van der Waals surface area contributed by atoms with Crippen LogP contribution in [0.15, 0.2) is 0 Å². The Bertz CT molecular complexity index is 315. The molecular formula is C13H21F2N. The molecule has 3 fully saturated rings. The highest BCUT2D eigenvalue weighted by Gasteiger charge is 2.76. The zero-order chi connectivity index (χ0) is 11.6. The molecule has 0 aromatic carbocycles. The quantitative estimate of drug-likeness (QED) is 0.702. The van der Waals surface area contributed by atoms with Crippen molar-refractivity contribution in [1.82, 2.24) is 4.90 Å². The highest BCUT2D eigenvalue weighted by Crippen LogP contribution is 2.70. The Balaban J connectivity index is 1.83. The topological polar surface area (TPSA) is 3.24 Å². The fourth-order valence-corrected chi connectivity index (χ4v) is 4.30. The van der Waals surface area contributed by atoms with Crippen molar-refractivity contribution in [2.24, 2.45) is 11.3 Å². The first kappa shape index (κ1) is 10.9. The summed E-state index contributed by atoms with van der Waals surface area (Å²) >= 11 is 0. The first-order chi connectivity index (χ1) is 7.39. The van der Waals surface area contributed by atoms with Gasteiger partial charge in [0.15, 0.2) is 0 Å². The van der Waals surface area contributed by atoms with Crippen LogP contribution in [0.1, 0.15) is 46.0 Å². The van der Waals surface area contributed by atoms with Crippen LogP contribution in [-0.2, 0) is 0 Å². The van der Waals surface area contributed by atoms with Gasteiger partial charge in [-0.15, -0.1) is 0 Å². The van der Waals surface area contributed by atoms with Crippen molar-refractivity contribution < 1.29 is 8.78 Å². The maximum atomic E-state index is 13.5. The molecule has 0 bridgehead atoms. The summed E-state index contributed by atoms with van der Waals surface area (Å²) in [7, 11) is 0. The van der Waals surface area contributed by atoms with Gasteiger partial charge in [0.05, 0.1) is 5.41 Å². The van der Waals surface area contributed by atoms with Gasteiger partial charge in [-0.2, -0.15) is 0 Å². The lowest BCUT2D eigenvalue weighted by Gasteiger charge is -2.33. The Labute approximate surface area is 96.2 Å². The second-order valence-corrected chi connectivity index (χ2v) is 6.69. The first-order valence-electron chi connectivity index (χ1n) is 6.52. The molecule has 3 aliphatic rings. The van der Waals surface area contributed by atoms with E-state index < -0.39 is 11.3 Å². The largest absolute Gasteiger partial charge is 0.297 e. The summed E-state index contributed by atoms with van der Waals surface area (Å²) in [6.07, 6.45) is 4.35. The summed E-state index contributed by atoms with van der Waals surface area (Å²) in [5, 5.41) is 0. The highest BCUT2D eigenvalue weighted by atomic mass is 19.3. The molecule has 0 aromatic rings. The van der Waals surface area contributed by atoms with Crippen molar-refractivity contribution in [3.63, 3.8) is 0 Å². The zero-order valence-corrected chi connectivity index (χ0v) is 10.2. The van der Waals surface area contributed by atoms with Crippen molar-refractivity contribution in [1.29, 1.82) is 0 Å². The standard InChI is InChI=1S/C13H21F2N/c1-10(2)6-12-4-3-5-16(12)9-11(7-12)8-13(11,14)15/h10H,3-9H2,1-2H3/t11-,12+/m0/s1. The van der Waals surface area contributed by atoms with Crippen molar-refractivity contribution in [2.75, 3.05) is 13.1 Å². The van der Waals surface area contributed by atoms with E-state index in [2.05, 4.69) is 18.7 Å². The summed E-state index contributed by atoms with van der Waals surface area (Å²) in [4.78, 5) is 2.38. The summed E-state index contributed by atoms with van der Waals surface area (Å²) < 4.78 is 27.0. The van der Waals surface area contributed by atoms with Crippen molar-refractivity contribution in [2.45, 2.75) is 57.4 Å². The van der Waals surface area contributed by atoms with Gasteiger partial charge in [0.25, 0.3) is 5.92 Å². The van der Waals surface area contributed by atoms with Gasteiger partial charge in [-0.25, -0.2) is 8.78 Å². The third-order valence-electron chi connectivity index (χ3n) is 4.90. The molecule has 1 spiro atoms. The fraction of sp³-hybridized carbons (Fsp3) is 1.00. The van der Waals surface area contributed by atoms with Crippen LogP contribution in [0.3, 0.4) is 0 Å². The average Bonchev–Trinajstić information content (AvgIpc) is 2.39. The number of fused-ring (bicyclic) bond motifs is 1. The highest BCUT2D eigenvalue weighted by molar-refractivity contribution is 5.22. The van der Waals surface area contributed by atoms with Crippen LogP contribution in [-0.4, -0.2) is 29.5 Å². The molecule has 3 rings (SSSR count). The number of hydrogen-bond acceptors (Lipinski definition) is 1. The van der Waals surface area contributed by atoms with E-state index in [1.165, 1.54) is 6.42 Å². The Hall–Kier alpha value is -0.180. The average molecular weight is 229 g/mol. The van der Waals surface area contributed by atoms with Crippen molar-refractivity contribution >= 4 is 0 Å². The minimum atomic E-state index is -2.36. The molecular weight excluding hydrogens is 208 g/mol. The summed E-state index contributed by atoms with van der Waals surface area (Å²) in [5.74, 6) is -1.75. The zero-order valence-electron chi connectivity index (χ0n) is 10.2. The van der Waals surface area contributed by atoms with Gasteiger partial charge in [-0.1, -0.05) is 13.8 Å². The first-order valence-corrected chi connectivity index (χ1v) is 6.52. The molecule has 0 aromatic heterocycles. The molecule has 0 unspecified atom stereocenters. The molecule has 92 valence electrons. The molecule has 0 N–H and O–H groups in total. The van der Waals surface area contributed by atoms with Crippen LogP contribution >= 0.6 is 0 Å². The Morgan fingerprint density at radius 2 is 1.94 bits per heavy atom. The van der Waals surface area contributed by atoms with Crippen LogP contribution in [0, 0.1) is 11.3 Å². The number of nitrogens with zero attached hydrogens (tertiary/aromatic N) is 1. The van der Waals surface area contributed by atoms with Crippen LogP contribution in [0.5, 0.6) is 0 Å². The van der Waals surface area contributed by atoms with E-state index in [-0.39, 0.29) is 12.0 Å². The molecule has 1 saturated carbocycles. The van der Waals surface area contributed by atoms with E-state index in [1.807, 2.05) is 0 Å². The van der Waals surface area contributed by atoms with Crippen LogP contribution in [0.4, 0.5) is 8.78 Å². The maximum Gasteiger partial charge on any atom is 0.255 e. The van der Waals surface area contributed by atoms with Crippen LogP contribution in [0.25, 0.3) is 0 Å². The monoisotopic (exact) mass is 229 g/mol. The third-order valence-corrected chi connectivity index (χ3v) is 4.90. The molecule has 2 saturated heterocycles. The van der Waals surface area contributed by atoms with E-state index in [4.69, 9.17) is 0 Å². The SMILES string of the molecule is CC(C)C[C@@]12CCCN1C[C@@]1(CC1(F)F)C2. The lowest BCUT2D eigenvalue weighted by atomic mass is 9.82. The molecule has 2 heterocycles. The predicted octanol–water partition coefficient (Wildman–Crippen LogP) is 3.30. The van der Waals surface area contributed by atoms with E-state index in [0.717, 1.165) is 25.8 Å². The van der Waals surface area contributed by atoms with E-state index in [1.54, 1.807) is 0 Å². The molecule has 16 heavy (non-hydrogen) atoms. The molecule has 3 heteroatoms. The van der Waals surface area contributed by atoms with Crippen LogP contribution < -0.4 is 0 Å². The summed E-state index contributed by atoms with van der Waals surface area (Å²) in [6, 6.07) is 0. The van der Waals surface area contributed by atoms with Gasteiger partial charge in [-0.05, 0) is 38.1 Å². The molecule has 1 aliphatic carbocycles. The summed E-state index contributed by atoms with van der Waals surface area (Å²) in [5.41, 5.74) is -0.490. The molecule has 2 aliphatic heterocycles. The molecule has 1 nitrogen and oxygen atoms in total. The smallest absolute Gasteiger partial charge is 0.255 e. The Morgan fingerprint density at radius 1 is 1.25 bits per heavy atom. The second-order valence-electron chi connectivity index (χ2n) is 6.69. The van der Waals surface area contributed by atoms with E-state index in [9.17, 15) is 8.78 Å². The third kappa shape index (κ3) is 1.30. The molecule has 0 radical (unpaired) electrons. The normalized spacial score (nSPS) is 45.6. The fourth-order valence-electron chi connectivity index (χ4n) is 4.30. The minimum absolute atomic E-state index is 0.133. The van der Waals surface area contributed by atoms with E-state index in [0.29, 0.717) is 12.5 Å². The lowest BCUT2D eigenvalue weighted by molar-refractivity contribution is 0.0654. The number of rotatable bonds is 2. The van der Waals surface area contributed by atoms with Gasteiger partial charge in [0.2, 0.25) is 0 Å². The number of alkyl halides is 2. The predicted molar refractivity (Wildman–Crippen MR) is 59.6 cm³/mol. The number of hydrogen-bond donors (Lipinski definition) is 0. The van der Waals surface area contributed by atoms with E-state index >= 15 is 0 Å². The Kier molecular flexibility index (Phi) is 2.04. The van der Waals surface area contributed by atoms with Gasteiger partial charge in [0, 0.05) is 18.5 Å². The van der Waals surface area contributed by atoms with Gasteiger partial charge in [0.1, 0.15) is 0 Å². The Morgan fingerprint density at radius 3 is 2.50 bits per heavy atom. The lowest BCUT2D eigenvalue weighted by Crippen LogP contribution is -2.39. The van der Waals surface area contributed by atoms with Gasteiger partial charge in [-0.3, -0.25) is 4.90 Å². The van der Waals surface area contributed by atoms with Gasteiger partial charge >= 0.3 is 0 Å². The maximum absolute atomic E-state index is 13.5. The minimum Gasteiger partial charge on any atom is -0.297 e. The van der Waals surface area contributed by atoms with Gasteiger partial charge < -0.3 is 0 Å². The molecule has 0 amide bonds. The van der Waals surface area contributed by atoms with Crippen molar-refractivity contribution in [3.05, 3.63) is 0 Å². The second kappa shape index (κ2) is 2.98. The van der Waals surface area contributed by atoms with Crippen LogP contribution in [0.2, 0.25) is 0 Å². The van der Waals surface area contributed by atoms with Crippen molar-refractivity contribution in [3.8, 4) is 0 Å². The molecule has 2 atom stereocenters. The number of halogens is 2. The summed E-state index contributed by atoms with van der Waals surface area (Å²) in [6.45, 7) is 6.12.